The van der Waals surface area contributed by atoms with Gasteiger partial charge in [-0.2, -0.15) is 0 Å². The Morgan fingerprint density at radius 3 is 2.36 bits per heavy atom. The van der Waals surface area contributed by atoms with Gasteiger partial charge in [-0.1, -0.05) is 0 Å². The van der Waals surface area contributed by atoms with Crippen LogP contribution < -0.4 is 5.32 Å². The normalized spacial score (nSPS) is 19.4. The van der Waals surface area contributed by atoms with Crippen LogP contribution in [-0.4, -0.2) is 37.1 Å². The fourth-order valence-electron chi connectivity index (χ4n) is 1.35. The molecule has 0 bridgehead atoms. The standard InChI is InChI=1S/C9H20N2/c1-9(2,10-3)7-11(4)8-5-6-8/h8,10H,5-7H2,1-4H3. The van der Waals surface area contributed by atoms with Crippen LogP contribution in [0, 0.1) is 0 Å². The molecule has 0 aromatic rings. The van der Waals surface area contributed by atoms with E-state index in [0.717, 1.165) is 12.6 Å². The summed E-state index contributed by atoms with van der Waals surface area (Å²) in [5.41, 5.74) is 0.261. The first-order valence-electron chi connectivity index (χ1n) is 4.44. The van der Waals surface area contributed by atoms with Crippen LogP contribution in [0.3, 0.4) is 0 Å². The lowest BCUT2D eigenvalue weighted by molar-refractivity contribution is 0.237. The van der Waals surface area contributed by atoms with Gasteiger partial charge in [0.15, 0.2) is 0 Å². The molecular formula is C9H20N2. The van der Waals surface area contributed by atoms with E-state index in [2.05, 4.69) is 31.1 Å². The fourth-order valence-corrected chi connectivity index (χ4v) is 1.35. The highest BCUT2D eigenvalue weighted by Crippen LogP contribution is 2.26. The van der Waals surface area contributed by atoms with Crippen LogP contribution >= 0.6 is 0 Å². The molecule has 0 aliphatic heterocycles. The van der Waals surface area contributed by atoms with E-state index in [1.54, 1.807) is 0 Å². The molecule has 66 valence electrons. The van der Waals surface area contributed by atoms with Gasteiger partial charge < -0.3 is 10.2 Å². The molecular weight excluding hydrogens is 136 g/mol. The maximum absolute atomic E-state index is 3.31. The van der Waals surface area contributed by atoms with Crippen LogP contribution in [0.25, 0.3) is 0 Å². The largest absolute Gasteiger partial charge is 0.314 e. The van der Waals surface area contributed by atoms with Crippen molar-refractivity contribution < 1.29 is 0 Å². The molecule has 0 atom stereocenters. The van der Waals surface area contributed by atoms with Crippen molar-refractivity contribution in [2.45, 2.75) is 38.3 Å². The first-order chi connectivity index (χ1) is 5.05. The van der Waals surface area contributed by atoms with Gasteiger partial charge in [0.1, 0.15) is 0 Å². The minimum atomic E-state index is 0.261. The molecule has 0 aromatic carbocycles. The summed E-state index contributed by atoms with van der Waals surface area (Å²) in [6.45, 7) is 5.63. The Bertz CT molecular complexity index is 128. The van der Waals surface area contributed by atoms with Crippen LogP contribution in [0.4, 0.5) is 0 Å². The SMILES string of the molecule is CNC(C)(C)CN(C)C1CC1. The molecule has 1 N–H and O–H groups in total. The minimum Gasteiger partial charge on any atom is -0.314 e. The van der Waals surface area contributed by atoms with Crippen molar-refractivity contribution in [1.29, 1.82) is 0 Å². The lowest BCUT2D eigenvalue weighted by Crippen LogP contribution is -2.46. The third kappa shape index (κ3) is 2.80. The lowest BCUT2D eigenvalue weighted by atomic mass is 10.1. The molecule has 0 heterocycles. The van der Waals surface area contributed by atoms with Crippen molar-refractivity contribution in [2.75, 3.05) is 20.6 Å². The van der Waals surface area contributed by atoms with Crippen molar-refractivity contribution in [2.24, 2.45) is 0 Å². The van der Waals surface area contributed by atoms with Crippen molar-refractivity contribution >= 4 is 0 Å². The molecule has 1 fully saturated rings. The van der Waals surface area contributed by atoms with Gasteiger partial charge in [-0.15, -0.1) is 0 Å². The van der Waals surface area contributed by atoms with E-state index in [9.17, 15) is 0 Å². The summed E-state index contributed by atoms with van der Waals surface area (Å²) in [5, 5.41) is 3.31. The van der Waals surface area contributed by atoms with Gasteiger partial charge in [-0.25, -0.2) is 0 Å². The zero-order valence-corrected chi connectivity index (χ0v) is 8.15. The van der Waals surface area contributed by atoms with Gasteiger partial charge in [0.2, 0.25) is 0 Å². The van der Waals surface area contributed by atoms with Gasteiger partial charge in [0.25, 0.3) is 0 Å². The quantitative estimate of drug-likeness (QED) is 0.655. The number of hydrogen-bond acceptors (Lipinski definition) is 2. The van der Waals surface area contributed by atoms with Gasteiger partial charge in [0.05, 0.1) is 0 Å². The summed E-state index contributed by atoms with van der Waals surface area (Å²) in [6, 6.07) is 0.877. The first-order valence-corrected chi connectivity index (χ1v) is 4.44. The summed E-state index contributed by atoms with van der Waals surface area (Å²) in [7, 11) is 4.25. The lowest BCUT2D eigenvalue weighted by Gasteiger charge is -2.29. The third-order valence-corrected chi connectivity index (χ3v) is 2.49. The molecule has 1 rings (SSSR count). The zero-order chi connectivity index (χ0) is 8.48. The summed E-state index contributed by atoms with van der Waals surface area (Å²) >= 11 is 0. The van der Waals surface area contributed by atoms with Crippen molar-refractivity contribution in [1.82, 2.24) is 10.2 Å². The maximum Gasteiger partial charge on any atom is 0.0249 e. The fraction of sp³-hybridized carbons (Fsp3) is 1.00. The summed E-state index contributed by atoms with van der Waals surface area (Å²) in [5.74, 6) is 0. The molecule has 1 saturated carbocycles. The molecule has 0 radical (unpaired) electrons. The number of rotatable bonds is 4. The molecule has 1 aliphatic carbocycles. The van der Waals surface area contributed by atoms with E-state index in [4.69, 9.17) is 0 Å². The average molecular weight is 156 g/mol. The molecule has 2 heteroatoms. The van der Waals surface area contributed by atoms with Crippen molar-refractivity contribution in [3.63, 3.8) is 0 Å². The predicted octanol–water partition coefficient (Wildman–Crippen LogP) is 1.08. The second kappa shape index (κ2) is 3.11. The minimum absolute atomic E-state index is 0.261. The second-order valence-electron chi connectivity index (χ2n) is 4.28. The monoisotopic (exact) mass is 156 g/mol. The Hall–Kier alpha value is -0.0800. The summed E-state index contributed by atoms with van der Waals surface area (Å²) in [6.07, 6.45) is 2.80. The number of nitrogens with one attached hydrogen (secondary N) is 1. The van der Waals surface area contributed by atoms with E-state index >= 15 is 0 Å². The van der Waals surface area contributed by atoms with E-state index in [-0.39, 0.29) is 5.54 Å². The number of hydrogen-bond donors (Lipinski definition) is 1. The molecule has 2 nitrogen and oxygen atoms in total. The van der Waals surface area contributed by atoms with Gasteiger partial charge in [0, 0.05) is 18.1 Å². The Balaban J connectivity index is 2.27. The summed E-state index contributed by atoms with van der Waals surface area (Å²) in [4.78, 5) is 2.45. The first kappa shape index (κ1) is 9.01. The van der Waals surface area contributed by atoms with Gasteiger partial charge >= 0.3 is 0 Å². The number of likely N-dealkylation sites (N-methyl/N-ethyl adjacent to an activating group) is 2. The molecule has 0 aromatic heterocycles. The van der Waals surface area contributed by atoms with Crippen molar-refractivity contribution in [3.05, 3.63) is 0 Å². The maximum atomic E-state index is 3.31. The van der Waals surface area contributed by atoms with Gasteiger partial charge in [-0.3, -0.25) is 0 Å². The molecule has 0 unspecified atom stereocenters. The van der Waals surface area contributed by atoms with Crippen LogP contribution in [0.2, 0.25) is 0 Å². The summed E-state index contributed by atoms with van der Waals surface area (Å²) < 4.78 is 0. The van der Waals surface area contributed by atoms with Crippen LogP contribution in [0.5, 0.6) is 0 Å². The van der Waals surface area contributed by atoms with E-state index in [1.165, 1.54) is 12.8 Å². The van der Waals surface area contributed by atoms with E-state index in [1.807, 2.05) is 7.05 Å². The smallest absolute Gasteiger partial charge is 0.0249 e. The second-order valence-corrected chi connectivity index (χ2v) is 4.28. The molecule has 0 saturated heterocycles. The Morgan fingerprint density at radius 1 is 1.45 bits per heavy atom. The molecule has 11 heavy (non-hydrogen) atoms. The van der Waals surface area contributed by atoms with Gasteiger partial charge in [-0.05, 0) is 40.8 Å². The van der Waals surface area contributed by atoms with E-state index in [0.29, 0.717) is 0 Å². The van der Waals surface area contributed by atoms with Crippen molar-refractivity contribution in [3.8, 4) is 0 Å². The topological polar surface area (TPSA) is 15.3 Å². The molecule has 0 amide bonds. The molecule has 1 aliphatic rings. The Kier molecular flexibility index (Phi) is 2.55. The molecule has 0 spiro atoms. The van der Waals surface area contributed by atoms with Crippen LogP contribution in [0.1, 0.15) is 26.7 Å². The average Bonchev–Trinajstić information content (AvgIpc) is 2.67. The zero-order valence-electron chi connectivity index (χ0n) is 8.15. The Morgan fingerprint density at radius 2 is 2.00 bits per heavy atom. The third-order valence-electron chi connectivity index (χ3n) is 2.49. The highest BCUT2D eigenvalue weighted by atomic mass is 15.2. The number of nitrogens with zero attached hydrogens (tertiary/aromatic N) is 1. The highest BCUT2D eigenvalue weighted by Gasteiger charge is 2.29. The Labute approximate surface area is 70.0 Å². The van der Waals surface area contributed by atoms with E-state index < -0.39 is 0 Å². The predicted molar refractivity (Wildman–Crippen MR) is 48.8 cm³/mol. The highest BCUT2D eigenvalue weighted by molar-refractivity contribution is 4.88. The van der Waals surface area contributed by atoms with Crippen LogP contribution in [0.15, 0.2) is 0 Å². The van der Waals surface area contributed by atoms with Crippen LogP contribution in [-0.2, 0) is 0 Å².